The Bertz CT molecular complexity index is 226. The van der Waals surface area contributed by atoms with Gasteiger partial charge in [0.1, 0.15) is 0 Å². The summed E-state index contributed by atoms with van der Waals surface area (Å²) in [5.74, 6) is 0. The third kappa shape index (κ3) is 3.95. The maximum atomic E-state index is 5.36. The second-order valence-electron chi connectivity index (χ2n) is 3.06. The van der Waals surface area contributed by atoms with Gasteiger partial charge in [0.2, 0.25) is 0 Å². The molecule has 1 aliphatic rings. The first-order valence-electron chi connectivity index (χ1n) is 4.58. The Kier molecular flexibility index (Phi) is 4.57. The first kappa shape index (κ1) is 10.6. The molecule has 0 saturated carbocycles. The number of nitrogens with two attached hydrogens (primary N) is 1. The van der Waals surface area contributed by atoms with E-state index in [4.69, 9.17) is 5.73 Å². The minimum Gasteiger partial charge on any atom is -0.362 e. The molecule has 0 saturated heterocycles. The molecule has 3 N–H and O–H groups in total. The van der Waals surface area contributed by atoms with E-state index in [1.807, 2.05) is 7.05 Å². The predicted molar refractivity (Wildman–Crippen MR) is 56.1 cm³/mol. The minimum absolute atomic E-state index is 0.734. The van der Waals surface area contributed by atoms with Crippen molar-refractivity contribution in [3.63, 3.8) is 0 Å². The number of aromatic nitrogens is 2. The van der Waals surface area contributed by atoms with Crippen molar-refractivity contribution in [2.75, 3.05) is 26.8 Å². The summed E-state index contributed by atoms with van der Waals surface area (Å²) in [6.07, 6.45) is 9.20. The molecule has 1 aliphatic heterocycles. The quantitative estimate of drug-likeness (QED) is 0.699. The van der Waals surface area contributed by atoms with E-state index in [2.05, 4.69) is 32.2 Å². The Morgan fingerprint density at radius 3 is 2.71 bits per heavy atom. The van der Waals surface area contributed by atoms with Crippen LogP contribution in [0.25, 0.3) is 0 Å². The molecule has 78 valence electrons. The van der Waals surface area contributed by atoms with E-state index >= 15 is 0 Å². The number of imidazole rings is 1. The number of H-pyrrole nitrogens is 1. The van der Waals surface area contributed by atoms with E-state index in [-0.39, 0.29) is 0 Å². The highest BCUT2D eigenvalue weighted by Crippen LogP contribution is 2.00. The van der Waals surface area contributed by atoms with Crippen LogP contribution < -0.4 is 5.73 Å². The van der Waals surface area contributed by atoms with Gasteiger partial charge in [-0.25, -0.2) is 4.98 Å². The first-order valence-corrected chi connectivity index (χ1v) is 4.58. The fraction of sp³-hybridized carbons (Fsp3) is 0.444. The predicted octanol–water partition coefficient (Wildman–Crippen LogP) is 0.0309. The molecule has 0 aliphatic carbocycles. The molecule has 0 fully saturated rings. The minimum atomic E-state index is 0.734. The van der Waals surface area contributed by atoms with E-state index in [0.717, 1.165) is 19.8 Å². The smallest absolute Gasteiger partial charge is 0.0919 e. The van der Waals surface area contributed by atoms with Gasteiger partial charge in [-0.1, -0.05) is 0 Å². The molecule has 0 aromatic carbocycles. The van der Waals surface area contributed by atoms with Crippen molar-refractivity contribution < 1.29 is 0 Å². The molecule has 14 heavy (non-hydrogen) atoms. The normalized spacial score (nSPS) is 14.1. The maximum Gasteiger partial charge on any atom is 0.0919 e. The van der Waals surface area contributed by atoms with Gasteiger partial charge in [0.25, 0.3) is 0 Å². The molecule has 0 bridgehead atoms. The lowest BCUT2D eigenvalue weighted by Gasteiger charge is -2.16. The molecule has 0 spiro atoms. The Morgan fingerprint density at radius 2 is 2.36 bits per heavy atom. The van der Waals surface area contributed by atoms with Crippen LogP contribution in [0.4, 0.5) is 0 Å². The molecule has 0 amide bonds. The average Bonchev–Trinajstić information content (AvgIpc) is 2.79. The van der Waals surface area contributed by atoms with Crippen molar-refractivity contribution in [2.45, 2.75) is 0 Å². The number of hydrogen-bond acceptors (Lipinski definition) is 4. The van der Waals surface area contributed by atoms with Crippen LogP contribution in [-0.2, 0) is 0 Å². The van der Waals surface area contributed by atoms with Crippen molar-refractivity contribution in [2.24, 2.45) is 5.73 Å². The Balaban J connectivity index is 0.000000165. The highest BCUT2D eigenvalue weighted by molar-refractivity contribution is 4.88. The third-order valence-electron chi connectivity index (χ3n) is 1.76. The zero-order valence-electron chi connectivity index (χ0n) is 8.43. The fourth-order valence-electron chi connectivity index (χ4n) is 1.12. The van der Waals surface area contributed by atoms with Crippen LogP contribution in [0.15, 0.2) is 31.1 Å². The molecule has 5 nitrogen and oxygen atoms in total. The third-order valence-corrected chi connectivity index (χ3v) is 1.76. The van der Waals surface area contributed by atoms with Crippen molar-refractivity contribution in [1.82, 2.24) is 19.8 Å². The van der Waals surface area contributed by atoms with Crippen LogP contribution in [0, 0.1) is 0 Å². The van der Waals surface area contributed by atoms with Gasteiger partial charge in [-0.05, 0) is 0 Å². The maximum absolute atomic E-state index is 5.36. The summed E-state index contributed by atoms with van der Waals surface area (Å²) >= 11 is 0. The highest BCUT2D eigenvalue weighted by atomic mass is 15.3. The standard InChI is InChI=1S/C6H13N3.C3H4N2/c1-8-4-5-9(6-8)3-2-7;1-2-5-3-4-1/h4-5H,2-3,6-7H2,1H3;1-3H,(H,4,5). The lowest BCUT2D eigenvalue weighted by atomic mass is 10.6. The topological polar surface area (TPSA) is 61.2 Å². The second-order valence-corrected chi connectivity index (χ2v) is 3.06. The van der Waals surface area contributed by atoms with Gasteiger partial charge in [-0.2, -0.15) is 0 Å². The van der Waals surface area contributed by atoms with Crippen molar-refractivity contribution >= 4 is 0 Å². The lowest BCUT2D eigenvalue weighted by molar-refractivity contribution is 0.302. The summed E-state index contributed by atoms with van der Waals surface area (Å²) in [4.78, 5) is 10.7. The van der Waals surface area contributed by atoms with E-state index in [1.165, 1.54) is 0 Å². The SMILES string of the molecule is CN1C=CN(CCN)C1.c1c[nH]cn1. The largest absolute Gasteiger partial charge is 0.362 e. The molecule has 1 aromatic rings. The molecule has 2 heterocycles. The number of hydrogen-bond donors (Lipinski definition) is 2. The summed E-state index contributed by atoms with van der Waals surface area (Å²) in [5, 5.41) is 0. The second kappa shape index (κ2) is 6.04. The molecule has 5 heteroatoms. The van der Waals surface area contributed by atoms with Gasteiger partial charge in [0.15, 0.2) is 0 Å². The number of aromatic amines is 1. The highest BCUT2D eigenvalue weighted by Gasteiger charge is 2.05. The summed E-state index contributed by atoms with van der Waals surface area (Å²) in [6, 6.07) is 0. The molecular formula is C9H17N5. The van der Waals surface area contributed by atoms with Crippen molar-refractivity contribution in [3.05, 3.63) is 31.1 Å². The van der Waals surface area contributed by atoms with E-state index < -0.39 is 0 Å². The van der Waals surface area contributed by atoms with Crippen molar-refractivity contribution in [1.29, 1.82) is 0 Å². The summed E-state index contributed by atoms with van der Waals surface area (Å²) in [7, 11) is 2.05. The zero-order chi connectivity index (χ0) is 10.2. The Labute approximate surface area is 84.2 Å². The monoisotopic (exact) mass is 195 g/mol. The number of rotatable bonds is 2. The Hall–Kier alpha value is -1.49. The van der Waals surface area contributed by atoms with Crippen LogP contribution in [0.3, 0.4) is 0 Å². The van der Waals surface area contributed by atoms with Gasteiger partial charge >= 0.3 is 0 Å². The van der Waals surface area contributed by atoms with Crippen LogP contribution in [0.1, 0.15) is 0 Å². The summed E-state index contributed by atoms with van der Waals surface area (Å²) < 4.78 is 0. The van der Waals surface area contributed by atoms with Gasteiger partial charge in [-0.3, -0.25) is 0 Å². The average molecular weight is 195 g/mol. The Morgan fingerprint density at radius 1 is 1.50 bits per heavy atom. The van der Waals surface area contributed by atoms with Crippen molar-refractivity contribution in [3.8, 4) is 0 Å². The van der Waals surface area contributed by atoms with Crippen LogP contribution in [-0.4, -0.2) is 46.6 Å². The molecule has 0 atom stereocenters. The lowest BCUT2D eigenvalue weighted by Crippen LogP contribution is -2.27. The summed E-state index contributed by atoms with van der Waals surface area (Å²) in [5.41, 5.74) is 5.36. The van der Waals surface area contributed by atoms with Crippen LogP contribution >= 0.6 is 0 Å². The fourth-order valence-corrected chi connectivity index (χ4v) is 1.12. The molecule has 1 aromatic heterocycles. The number of nitrogens with one attached hydrogen (secondary N) is 1. The van der Waals surface area contributed by atoms with Gasteiger partial charge in [0.05, 0.1) is 13.0 Å². The van der Waals surface area contributed by atoms with Crippen LogP contribution in [0.2, 0.25) is 0 Å². The van der Waals surface area contributed by atoms with E-state index in [9.17, 15) is 0 Å². The molecule has 2 rings (SSSR count). The van der Waals surface area contributed by atoms with Crippen LogP contribution in [0.5, 0.6) is 0 Å². The van der Waals surface area contributed by atoms with E-state index in [1.54, 1.807) is 18.7 Å². The number of nitrogens with zero attached hydrogens (tertiary/aromatic N) is 3. The van der Waals surface area contributed by atoms with Gasteiger partial charge in [0, 0.05) is 44.9 Å². The van der Waals surface area contributed by atoms with Gasteiger partial charge < -0.3 is 20.5 Å². The van der Waals surface area contributed by atoms with E-state index in [0.29, 0.717) is 0 Å². The van der Waals surface area contributed by atoms with Gasteiger partial charge in [-0.15, -0.1) is 0 Å². The molecule has 0 radical (unpaired) electrons. The summed E-state index contributed by atoms with van der Waals surface area (Å²) in [6.45, 7) is 2.68. The molecule has 0 unspecified atom stereocenters. The zero-order valence-corrected chi connectivity index (χ0v) is 8.43. The molecular weight excluding hydrogens is 178 g/mol. The first-order chi connectivity index (χ1) is 6.83.